The van der Waals surface area contributed by atoms with Gasteiger partial charge in [0, 0.05) is 26.2 Å². The SMILES string of the molecule is COCCNC1CCNC1. The summed E-state index contributed by atoms with van der Waals surface area (Å²) in [6.07, 6.45) is 1.25. The van der Waals surface area contributed by atoms with Crippen LogP contribution in [0.25, 0.3) is 0 Å². The Morgan fingerprint density at radius 3 is 3.20 bits per heavy atom. The molecule has 0 radical (unpaired) electrons. The summed E-state index contributed by atoms with van der Waals surface area (Å²) >= 11 is 0. The molecule has 1 saturated heterocycles. The number of methoxy groups -OCH3 is 1. The van der Waals surface area contributed by atoms with Crippen molar-refractivity contribution in [2.45, 2.75) is 12.5 Å². The van der Waals surface area contributed by atoms with Gasteiger partial charge in [-0.05, 0) is 13.0 Å². The molecule has 0 bridgehead atoms. The average Bonchev–Trinajstić information content (AvgIpc) is 2.41. The number of rotatable bonds is 4. The van der Waals surface area contributed by atoms with Crippen molar-refractivity contribution < 1.29 is 4.74 Å². The summed E-state index contributed by atoms with van der Waals surface area (Å²) in [5.41, 5.74) is 0. The number of hydrogen-bond acceptors (Lipinski definition) is 3. The molecule has 3 heteroatoms. The first-order valence-electron chi connectivity index (χ1n) is 3.86. The van der Waals surface area contributed by atoms with Gasteiger partial charge in [-0.2, -0.15) is 0 Å². The lowest BCUT2D eigenvalue weighted by Crippen LogP contribution is -2.33. The van der Waals surface area contributed by atoms with Crippen LogP contribution in [0.15, 0.2) is 0 Å². The van der Waals surface area contributed by atoms with E-state index in [1.807, 2.05) is 0 Å². The van der Waals surface area contributed by atoms with Gasteiger partial charge in [-0.15, -0.1) is 0 Å². The standard InChI is InChI=1S/C7H16N2O/c1-10-5-4-9-7-2-3-8-6-7/h7-9H,2-6H2,1H3. The molecule has 1 heterocycles. The molecule has 0 aromatic heterocycles. The number of nitrogens with one attached hydrogen (secondary N) is 2. The Hall–Kier alpha value is -0.120. The second-order valence-corrected chi connectivity index (χ2v) is 2.64. The monoisotopic (exact) mass is 144 g/mol. The smallest absolute Gasteiger partial charge is 0.0587 e. The van der Waals surface area contributed by atoms with Gasteiger partial charge in [0.05, 0.1) is 6.61 Å². The third kappa shape index (κ3) is 2.64. The topological polar surface area (TPSA) is 33.3 Å². The fraction of sp³-hybridized carbons (Fsp3) is 1.00. The number of hydrogen-bond donors (Lipinski definition) is 2. The van der Waals surface area contributed by atoms with E-state index < -0.39 is 0 Å². The Labute approximate surface area is 62.1 Å². The molecule has 1 unspecified atom stereocenters. The van der Waals surface area contributed by atoms with Crippen LogP contribution in [0.5, 0.6) is 0 Å². The van der Waals surface area contributed by atoms with Crippen molar-refractivity contribution >= 4 is 0 Å². The average molecular weight is 144 g/mol. The predicted octanol–water partition coefficient (Wildman–Crippen LogP) is -0.416. The maximum atomic E-state index is 4.92. The van der Waals surface area contributed by atoms with E-state index in [2.05, 4.69) is 10.6 Å². The van der Waals surface area contributed by atoms with Gasteiger partial charge in [-0.3, -0.25) is 0 Å². The van der Waals surface area contributed by atoms with Crippen LogP contribution in [0.4, 0.5) is 0 Å². The lowest BCUT2D eigenvalue weighted by molar-refractivity contribution is 0.196. The van der Waals surface area contributed by atoms with E-state index in [9.17, 15) is 0 Å². The molecule has 3 nitrogen and oxygen atoms in total. The van der Waals surface area contributed by atoms with Gasteiger partial charge in [0.1, 0.15) is 0 Å². The molecule has 0 saturated carbocycles. The third-order valence-electron chi connectivity index (χ3n) is 1.80. The molecule has 60 valence electrons. The molecule has 1 rings (SSSR count). The molecule has 0 spiro atoms. The molecule has 0 amide bonds. The van der Waals surface area contributed by atoms with E-state index >= 15 is 0 Å². The van der Waals surface area contributed by atoms with Crippen molar-refractivity contribution in [2.24, 2.45) is 0 Å². The predicted molar refractivity (Wildman–Crippen MR) is 41.2 cm³/mol. The minimum Gasteiger partial charge on any atom is -0.383 e. The van der Waals surface area contributed by atoms with Gasteiger partial charge in [0.15, 0.2) is 0 Å². The van der Waals surface area contributed by atoms with Gasteiger partial charge in [0.2, 0.25) is 0 Å². The lowest BCUT2D eigenvalue weighted by Gasteiger charge is -2.09. The van der Waals surface area contributed by atoms with Crippen molar-refractivity contribution in [2.75, 3.05) is 33.4 Å². The first-order chi connectivity index (χ1) is 4.93. The summed E-state index contributed by atoms with van der Waals surface area (Å²) < 4.78 is 4.92. The zero-order chi connectivity index (χ0) is 7.23. The maximum absolute atomic E-state index is 4.92. The Morgan fingerprint density at radius 2 is 2.60 bits per heavy atom. The van der Waals surface area contributed by atoms with Crippen LogP contribution in [-0.2, 0) is 4.74 Å². The van der Waals surface area contributed by atoms with E-state index in [1.54, 1.807) is 7.11 Å². The summed E-state index contributed by atoms with van der Waals surface area (Å²) in [5.74, 6) is 0. The van der Waals surface area contributed by atoms with Crippen LogP contribution >= 0.6 is 0 Å². The van der Waals surface area contributed by atoms with Gasteiger partial charge >= 0.3 is 0 Å². The summed E-state index contributed by atoms with van der Waals surface area (Å²) in [6, 6.07) is 0.676. The van der Waals surface area contributed by atoms with Crippen molar-refractivity contribution in [3.05, 3.63) is 0 Å². The van der Waals surface area contributed by atoms with Crippen LogP contribution in [0, 0.1) is 0 Å². The zero-order valence-electron chi connectivity index (χ0n) is 6.52. The number of ether oxygens (including phenoxy) is 1. The maximum Gasteiger partial charge on any atom is 0.0587 e. The summed E-state index contributed by atoms with van der Waals surface area (Å²) in [4.78, 5) is 0. The van der Waals surface area contributed by atoms with E-state index in [0.717, 1.165) is 26.2 Å². The molecule has 1 fully saturated rings. The summed E-state index contributed by atoms with van der Waals surface area (Å²) in [7, 11) is 1.73. The summed E-state index contributed by atoms with van der Waals surface area (Å²) in [6.45, 7) is 4.06. The Kier molecular flexibility index (Phi) is 3.72. The Bertz CT molecular complexity index is 81.7. The van der Waals surface area contributed by atoms with Gasteiger partial charge < -0.3 is 15.4 Å². The molecule has 10 heavy (non-hydrogen) atoms. The van der Waals surface area contributed by atoms with Crippen LogP contribution in [0.2, 0.25) is 0 Å². The van der Waals surface area contributed by atoms with Crippen LogP contribution in [0.1, 0.15) is 6.42 Å². The zero-order valence-corrected chi connectivity index (χ0v) is 6.52. The fourth-order valence-corrected chi connectivity index (χ4v) is 1.19. The highest BCUT2D eigenvalue weighted by Crippen LogP contribution is 1.95. The Balaban J connectivity index is 1.91. The van der Waals surface area contributed by atoms with Gasteiger partial charge in [0.25, 0.3) is 0 Å². The van der Waals surface area contributed by atoms with Crippen molar-refractivity contribution in [3.63, 3.8) is 0 Å². The van der Waals surface area contributed by atoms with E-state index in [1.165, 1.54) is 6.42 Å². The minimum absolute atomic E-state index is 0.676. The molecule has 0 aliphatic carbocycles. The molecular formula is C7H16N2O. The van der Waals surface area contributed by atoms with E-state index in [-0.39, 0.29) is 0 Å². The molecule has 1 aliphatic heterocycles. The molecular weight excluding hydrogens is 128 g/mol. The van der Waals surface area contributed by atoms with Crippen LogP contribution in [-0.4, -0.2) is 39.4 Å². The van der Waals surface area contributed by atoms with E-state index in [0.29, 0.717) is 6.04 Å². The van der Waals surface area contributed by atoms with Gasteiger partial charge in [-0.1, -0.05) is 0 Å². The summed E-state index contributed by atoms with van der Waals surface area (Å²) in [5, 5.41) is 6.69. The second-order valence-electron chi connectivity index (χ2n) is 2.64. The highest BCUT2D eigenvalue weighted by atomic mass is 16.5. The normalized spacial score (nSPS) is 25.5. The largest absolute Gasteiger partial charge is 0.383 e. The first-order valence-corrected chi connectivity index (χ1v) is 3.86. The highest BCUT2D eigenvalue weighted by molar-refractivity contribution is 4.76. The molecule has 1 aliphatic rings. The second kappa shape index (κ2) is 4.66. The molecule has 0 aromatic rings. The Morgan fingerprint density at radius 1 is 1.70 bits per heavy atom. The van der Waals surface area contributed by atoms with Crippen molar-refractivity contribution in [3.8, 4) is 0 Å². The molecule has 1 atom stereocenters. The fourth-order valence-electron chi connectivity index (χ4n) is 1.19. The van der Waals surface area contributed by atoms with Crippen molar-refractivity contribution in [1.29, 1.82) is 0 Å². The molecule has 2 N–H and O–H groups in total. The lowest BCUT2D eigenvalue weighted by atomic mass is 10.3. The van der Waals surface area contributed by atoms with Crippen molar-refractivity contribution in [1.82, 2.24) is 10.6 Å². The quantitative estimate of drug-likeness (QED) is 0.526. The van der Waals surface area contributed by atoms with Crippen LogP contribution in [0.3, 0.4) is 0 Å². The van der Waals surface area contributed by atoms with E-state index in [4.69, 9.17) is 4.74 Å². The third-order valence-corrected chi connectivity index (χ3v) is 1.80. The molecule has 0 aromatic carbocycles. The first kappa shape index (κ1) is 7.98. The highest BCUT2D eigenvalue weighted by Gasteiger charge is 2.11. The van der Waals surface area contributed by atoms with Crippen LogP contribution < -0.4 is 10.6 Å². The van der Waals surface area contributed by atoms with Gasteiger partial charge in [-0.25, -0.2) is 0 Å². The minimum atomic E-state index is 0.676.